The summed E-state index contributed by atoms with van der Waals surface area (Å²) in [5, 5.41) is 0. The molecule has 0 fully saturated rings. The Morgan fingerprint density at radius 1 is 0.871 bits per heavy atom. The maximum absolute atomic E-state index is 12.3. The average molecular weight is 446 g/mol. The van der Waals surface area contributed by atoms with Crippen molar-refractivity contribution in [2.45, 2.75) is 66.2 Å². The number of carbonyl (C=O) groups excluding carboxylic acids is 1. The van der Waals surface area contributed by atoms with E-state index in [1.165, 1.54) is 36.0 Å². The van der Waals surface area contributed by atoms with Gasteiger partial charge in [0.05, 0.1) is 12.3 Å². The first-order valence-corrected chi connectivity index (χ1v) is 12.2. The van der Waals surface area contributed by atoms with Gasteiger partial charge in [0.15, 0.2) is 0 Å². The van der Waals surface area contributed by atoms with E-state index in [4.69, 9.17) is 16.3 Å². The number of carbonyl (C=O) groups is 1. The van der Waals surface area contributed by atoms with Gasteiger partial charge in [0.2, 0.25) is 5.91 Å². The van der Waals surface area contributed by atoms with E-state index in [-0.39, 0.29) is 11.8 Å². The van der Waals surface area contributed by atoms with E-state index < -0.39 is 0 Å². The Kier molecular flexibility index (Phi) is 14.7. The van der Waals surface area contributed by atoms with Gasteiger partial charge in [-0.2, -0.15) is 0 Å². The summed E-state index contributed by atoms with van der Waals surface area (Å²) < 4.78 is 5.54. The van der Waals surface area contributed by atoms with Gasteiger partial charge >= 0.3 is 0 Å². The van der Waals surface area contributed by atoms with Crippen LogP contribution in [-0.2, 0) is 28.8 Å². The lowest BCUT2D eigenvalue weighted by Gasteiger charge is -2.27. The van der Waals surface area contributed by atoms with Crippen LogP contribution in [0.25, 0.3) is 0 Å². The number of aryl methyl sites for hydroxylation is 3. The maximum atomic E-state index is 12.3. The lowest BCUT2D eigenvalue weighted by atomic mass is 10.0. The average Bonchev–Trinajstić information content (AvgIpc) is 2.83. The molecule has 2 aromatic rings. The second-order valence-electron chi connectivity index (χ2n) is 7.51. The number of unbranched alkanes of at least 4 members (excludes halogenated alkanes) is 1. The molecule has 0 radical (unpaired) electrons. The molecule has 0 bridgehead atoms. The minimum atomic E-state index is -0.0626. The standard InChI is InChI=1S/C17H26ClNO2.C10H14/c1-4-11-21-12-10-19(16(20)13-18)17-14(5-2)8-7-9-15(17)6-3;1-2-3-7-10-8-5-4-6-9-10/h7-9H,4-6,10-13H2,1-3H3;4-6,8-9H,2-3,7H2,1H3. The first-order chi connectivity index (χ1) is 15.1. The smallest absolute Gasteiger partial charge is 0.242 e. The predicted octanol–water partition coefficient (Wildman–Crippen LogP) is 6.84. The number of para-hydroxylation sites is 1. The number of ether oxygens (including phenoxy) is 1. The maximum Gasteiger partial charge on any atom is 0.242 e. The van der Waals surface area contributed by atoms with Crippen LogP contribution >= 0.6 is 11.6 Å². The van der Waals surface area contributed by atoms with Gasteiger partial charge in [0, 0.05) is 13.2 Å². The van der Waals surface area contributed by atoms with Gasteiger partial charge in [-0.25, -0.2) is 0 Å². The predicted molar refractivity (Wildman–Crippen MR) is 134 cm³/mol. The molecule has 0 unspecified atom stereocenters. The van der Waals surface area contributed by atoms with E-state index in [0.717, 1.165) is 31.6 Å². The molecule has 1 amide bonds. The highest BCUT2D eigenvalue weighted by molar-refractivity contribution is 6.29. The normalized spacial score (nSPS) is 10.4. The van der Waals surface area contributed by atoms with E-state index in [1.807, 2.05) is 0 Å². The molecule has 0 aromatic heterocycles. The van der Waals surface area contributed by atoms with Gasteiger partial charge in [-0.3, -0.25) is 4.79 Å². The van der Waals surface area contributed by atoms with Crippen LogP contribution in [0.5, 0.6) is 0 Å². The zero-order valence-corrected chi connectivity index (χ0v) is 20.6. The fraction of sp³-hybridized carbons (Fsp3) is 0.519. The van der Waals surface area contributed by atoms with Crippen LogP contribution < -0.4 is 4.90 Å². The lowest BCUT2D eigenvalue weighted by molar-refractivity contribution is -0.116. The highest BCUT2D eigenvalue weighted by atomic mass is 35.5. The van der Waals surface area contributed by atoms with Crippen molar-refractivity contribution in [3.8, 4) is 0 Å². The molecule has 31 heavy (non-hydrogen) atoms. The van der Waals surface area contributed by atoms with Gasteiger partial charge in [0.1, 0.15) is 5.88 Å². The molecule has 2 aromatic carbocycles. The summed E-state index contributed by atoms with van der Waals surface area (Å²) in [5.41, 5.74) is 4.85. The van der Waals surface area contributed by atoms with Gasteiger partial charge < -0.3 is 9.64 Å². The third kappa shape index (κ3) is 9.88. The van der Waals surface area contributed by atoms with Gasteiger partial charge in [-0.1, -0.05) is 82.6 Å². The molecule has 2 rings (SSSR count). The molecular formula is C27H40ClNO2. The second-order valence-corrected chi connectivity index (χ2v) is 7.78. The largest absolute Gasteiger partial charge is 0.380 e. The second kappa shape index (κ2) is 16.8. The third-order valence-electron chi connectivity index (χ3n) is 5.12. The Balaban J connectivity index is 0.000000399. The number of hydrogen-bond acceptors (Lipinski definition) is 2. The summed E-state index contributed by atoms with van der Waals surface area (Å²) in [4.78, 5) is 14.0. The first kappa shape index (κ1) is 27.2. The fourth-order valence-electron chi connectivity index (χ4n) is 3.42. The number of halogens is 1. The number of hydrogen-bond donors (Lipinski definition) is 0. The van der Waals surface area contributed by atoms with Crippen LogP contribution in [0, 0.1) is 0 Å². The monoisotopic (exact) mass is 445 g/mol. The molecule has 0 saturated carbocycles. The lowest BCUT2D eigenvalue weighted by Crippen LogP contribution is -2.36. The van der Waals surface area contributed by atoms with Crippen molar-refractivity contribution >= 4 is 23.2 Å². The van der Waals surface area contributed by atoms with Crippen molar-refractivity contribution < 1.29 is 9.53 Å². The van der Waals surface area contributed by atoms with Gasteiger partial charge in [0.25, 0.3) is 0 Å². The van der Waals surface area contributed by atoms with Crippen molar-refractivity contribution in [2.75, 3.05) is 30.5 Å². The van der Waals surface area contributed by atoms with Crippen LogP contribution in [0.4, 0.5) is 5.69 Å². The van der Waals surface area contributed by atoms with Crippen molar-refractivity contribution in [3.05, 3.63) is 65.2 Å². The molecule has 0 spiro atoms. The van der Waals surface area contributed by atoms with Crippen LogP contribution in [0.1, 0.15) is 63.6 Å². The SMILES string of the molecule is CCCCc1ccccc1.CCCOCCN(C(=O)CCl)c1c(CC)cccc1CC. The summed E-state index contributed by atoms with van der Waals surface area (Å²) in [7, 11) is 0. The van der Waals surface area contributed by atoms with Crippen molar-refractivity contribution in [3.63, 3.8) is 0 Å². The Bertz CT molecular complexity index is 711. The Labute approximate surface area is 194 Å². The first-order valence-electron chi connectivity index (χ1n) is 11.7. The number of alkyl halides is 1. The summed E-state index contributed by atoms with van der Waals surface area (Å²) in [6.07, 6.45) is 6.60. The summed E-state index contributed by atoms with van der Waals surface area (Å²) in [5.74, 6) is -0.0676. The van der Waals surface area contributed by atoms with E-state index in [2.05, 4.69) is 76.2 Å². The van der Waals surface area contributed by atoms with E-state index in [0.29, 0.717) is 13.2 Å². The van der Waals surface area contributed by atoms with Gasteiger partial charge in [-0.15, -0.1) is 11.6 Å². The fourth-order valence-corrected chi connectivity index (χ4v) is 3.57. The minimum absolute atomic E-state index is 0.00498. The quantitative estimate of drug-likeness (QED) is 0.264. The van der Waals surface area contributed by atoms with Crippen LogP contribution in [0.15, 0.2) is 48.5 Å². The van der Waals surface area contributed by atoms with Crippen LogP contribution in [0.3, 0.4) is 0 Å². The van der Waals surface area contributed by atoms with E-state index in [9.17, 15) is 4.79 Å². The zero-order chi connectivity index (χ0) is 22.9. The van der Waals surface area contributed by atoms with E-state index in [1.54, 1.807) is 4.90 Å². The Morgan fingerprint density at radius 2 is 1.52 bits per heavy atom. The van der Waals surface area contributed by atoms with E-state index >= 15 is 0 Å². The summed E-state index contributed by atoms with van der Waals surface area (Å²) in [6, 6.07) is 16.9. The van der Waals surface area contributed by atoms with Gasteiger partial charge in [-0.05, 0) is 48.8 Å². The van der Waals surface area contributed by atoms with Crippen LogP contribution in [-0.4, -0.2) is 31.5 Å². The van der Waals surface area contributed by atoms with Crippen molar-refractivity contribution in [1.29, 1.82) is 0 Å². The highest BCUT2D eigenvalue weighted by Crippen LogP contribution is 2.27. The molecule has 4 heteroatoms. The number of rotatable bonds is 12. The Hall–Kier alpha value is -1.84. The topological polar surface area (TPSA) is 29.5 Å². The van der Waals surface area contributed by atoms with Crippen molar-refractivity contribution in [1.82, 2.24) is 0 Å². The molecule has 172 valence electrons. The molecule has 0 aliphatic carbocycles. The molecule has 0 aliphatic heterocycles. The minimum Gasteiger partial charge on any atom is -0.380 e. The number of nitrogens with zero attached hydrogens (tertiary/aromatic N) is 1. The highest BCUT2D eigenvalue weighted by Gasteiger charge is 2.20. The molecule has 0 heterocycles. The molecular weight excluding hydrogens is 406 g/mol. The number of amides is 1. The number of benzene rings is 2. The van der Waals surface area contributed by atoms with Crippen LogP contribution in [0.2, 0.25) is 0 Å². The summed E-state index contributed by atoms with van der Waals surface area (Å²) in [6.45, 7) is 10.3. The Morgan fingerprint density at radius 3 is 2.03 bits per heavy atom. The van der Waals surface area contributed by atoms with Crippen molar-refractivity contribution in [2.24, 2.45) is 0 Å². The number of anilines is 1. The third-order valence-corrected chi connectivity index (χ3v) is 5.35. The molecule has 3 nitrogen and oxygen atoms in total. The molecule has 0 N–H and O–H groups in total. The zero-order valence-electron chi connectivity index (χ0n) is 19.8. The molecule has 0 saturated heterocycles. The molecule has 0 aliphatic rings. The molecule has 0 atom stereocenters. The summed E-state index contributed by atoms with van der Waals surface area (Å²) >= 11 is 5.80.